The van der Waals surface area contributed by atoms with E-state index in [1.165, 1.54) is 24.1 Å². The zero-order valence-corrected chi connectivity index (χ0v) is 25.4. The summed E-state index contributed by atoms with van der Waals surface area (Å²) >= 11 is 12.4. The Morgan fingerprint density at radius 3 is 2.17 bits per heavy atom. The summed E-state index contributed by atoms with van der Waals surface area (Å²) in [5.74, 6) is -0.847. The van der Waals surface area contributed by atoms with Crippen LogP contribution < -0.4 is 5.32 Å². The van der Waals surface area contributed by atoms with Gasteiger partial charge in [-0.05, 0) is 55.7 Å². The largest absolute Gasteiger partial charge is 0.352 e. The van der Waals surface area contributed by atoms with Crippen LogP contribution in [0.1, 0.15) is 37.0 Å². The number of amides is 2. The van der Waals surface area contributed by atoms with Gasteiger partial charge in [0.15, 0.2) is 0 Å². The molecular weight excluding hydrogens is 569 g/mol. The second-order valence-corrected chi connectivity index (χ2v) is 12.7. The van der Waals surface area contributed by atoms with Crippen molar-refractivity contribution in [3.05, 3.63) is 99.5 Å². The lowest BCUT2D eigenvalue weighted by Crippen LogP contribution is -2.54. The summed E-state index contributed by atoms with van der Waals surface area (Å²) in [7, 11) is -2.59. The van der Waals surface area contributed by atoms with Gasteiger partial charge in [-0.1, -0.05) is 84.2 Å². The molecule has 0 saturated heterocycles. The molecular formula is C30H35Cl2N3O4S. The molecule has 10 heteroatoms. The van der Waals surface area contributed by atoms with Crippen LogP contribution in [-0.4, -0.2) is 55.1 Å². The third-order valence-electron chi connectivity index (χ3n) is 6.70. The molecule has 0 unspecified atom stereocenters. The molecule has 7 nitrogen and oxygen atoms in total. The minimum absolute atomic E-state index is 0.0273. The summed E-state index contributed by atoms with van der Waals surface area (Å²) < 4.78 is 27.5. The van der Waals surface area contributed by atoms with E-state index in [1.807, 2.05) is 51.1 Å². The number of carbonyl (C=O) groups is 2. The number of hydrogen-bond acceptors (Lipinski definition) is 4. The van der Waals surface area contributed by atoms with Gasteiger partial charge in [-0.15, -0.1) is 0 Å². The zero-order chi connectivity index (χ0) is 29.4. The second kappa shape index (κ2) is 14.1. The molecule has 3 aromatic rings. The molecule has 3 aromatic carbocycles. The van der Waals surface area contributed by atoms with Crippen LogP contribution in [0.15, 0.2) is 77.7 Å². The molecule has 0 aromatic heterocycles. The molecule has 40 heavy (non-hydrogen) atoms. The maximum Gasteiger partial charge on any atom is 0.243 e. The van der Waals surface area contributed by atoms with E-state index in [2.05, 4.69) is 5.32 Å². The Kier molecular flexibility index (Phi) is 11.2. The van der Waals surface area contributed by atoms with Crippen LogP contribution in [0.2, 0.25) is 10.0 Å². The maximum atomic E-state index is 13.9. The van der Waals surface area contributed by atoms with E-state index < -0.39 is 28.5 Å². The van der Waals surface area contributed by atoms with Gasteiger partial charge in [0.2, 0.25) is 21.8 Å². The van der Waals surface area contributed by atoms with Crippen LogP contribution in [0.4, 0.5) is 0 Å². The van der Waals surface area contributed by atoms with Gasteiger partial charge >= 0.3 is 0 Å². The van der Waals surface area contributed by atoms with Gasteiger partial charge in [0, 0.05) is 26.1 Å². The summed E-state index contributed by atoms with van der Waals surface area (Å²) in [6.45, 7) is 5.28. The molecule has 0 saturated carbocycles. The van der Waals surface area contributed by atoms with Gasteiger partial charge in [0.1, 0.15) is 6.04 Å². The fourth-order valence-electron chi connectivity index (χ4n) is 4.09. The number of rotatable bonds is 12. The Labute approximate surface area is 247 Å². The number of sulfonamides is 1. The lowest BCUT2D eigenvalue weighted by molar-refractivity contribution is -0.141. The highest BCUT2D eigenvalue weighted by molar-refractivity contribution is 7.89. The molecule has 0 radical (unpaired) electrons. The topological polar surface area (TPSA) is 86.8 Å². The quantitative estimate of drug-likeness (QED) is 0.297. The standard InChI is InChI=1S/C30H35Cl2N3O4S/c1-5-22(3)33-30(37)28(18-23-9-7-6-8-10-23)35(19-24-13-16-26(31)27(32)17-24)29(36)20-34(4)40(38,39)25-14-11-21(2)12-15-25/h6-17,22,28H,5,18-20H2,1-4H3,(H,33,37)/t22-,28-/m0/s1. The number of nitrogens with one attached hydrogen (secondary N) is 1. The normalized spacial score (nSPS) is 13.1. The van der Waals surface area contributed by atoms with Crippen molar-refractivity contribution in [3.8, 4) is 0 Å². The fourth-order valence-corrected chi connectivity index (χ4v) is 5.53. The van der Waals surface area contributed by atoms with E-state index in [4.69, 9.17) is 23.2 Å². The number of nitrogens with zero attached hydrogens (tertiary/aromatic N) is 2. The van der Waals surface area contributed by atoms with Crippen molar-refractivity contribution in [1.29, 1.82) is 0 Å². The third-order valence-corrected chi connectivity index (χ3v) is 9.25. The lowest BCUT2D eigenvalue weighted by atomic mass is 10.0. The maximum absolute atomic E-state index is 13.9. The van der Waals surface area contributed by atoms with Crippen LogP contribution in [0.5, 0.6) is 0 Å². The minimum atomic E-state index is -3.95. The summed E-state index contributed by atoms with van der Waals surface area (Å²) in [5.41, 5.74) is 2.43. The number of benzene rings is 3. The highest BCUT2D eigenvalue weighted by atomic mass is 35.5. The predicted molar refractivity (Wildman–Crippen MR) is 160 cm³/mol. The Morgan fingerprint density at radius 2 is 1.57 bits per heavy atom. The number of halogens is 2. The van der Waals surface area contributed by atoms with Crippen molar-refractivity contribution in [3.63, 3.8) is 0 Å². The molecule has 0 fully saturated rings. The van der Waals surface area contributed by atoms with E-state index in [0.717, 1.165) is 15.4 Å². The molecule has 1 N–H and O–H groups in total. The van der Waals surface area contributed by atoms with Crippen LogP contribution in [0.3, 0.4) is 0 Å². The Hall–Kier alpha value is -2.91. The van der Waals surface area contributed by atoms with Crippen molar-refractivity contribution < 1.29 is 18.0 Å². The average molecular weight is 605 g/mol. The monoisotopic (exact) mass is 603 g/mol. The number of likely N-dealkylation sites (N-methyl/N-ethyl adjacent to an activating group) is 1. The lowest BCUT2D eigenvalue weighted by Gasteiger charge is -2.33. The van der Waals surface area contributed by atoms with Gasteiger partial charge in [-0.2, -0.15) is 4.31 Å². The first kappa shape index (κ1) is 31.6. The molecule has 2 amide bonds. The summed E-state index contributed by atoms with van der Waals surface area (Å²) in [6, 6.07) is 19.8. The summed E-state index contributed by atoms with van der Waals surface area (Å²) in [4.78, 5) is 29.0. The van der Waals surface area contributed by atoms with Crippen LogP contribution in [0.25, 0.3) is 0 Å². The third kappa shape index (κ3) is 8.30. The highest BCUT2D eigenvalue weighted by Gasteiger charge is 2.33. The van der Waals surface area contributed by atoms with E-state index in [1.54, 1.807) is 30.3 Å². The van der Waals surface area contributed by atoms with Gasteiger partial charge in [-0.3, -0.25) is 9.59 Å². The summed E-state index contributed by atoms with van der Waals surface area (Å²) in [5, 5.41) is 3.67. The molecule has 214 valence electrons. The zero-order valence-electron chi connectivity index (χ0n) is 23.1. The van der Waals surface area contributed by atoms with Gasteiger partial charge in [-0.25, -0.2) is 8.42 Å². The SMILES string of the molecule is CC[C@H](C)NC(=O)[C@H](Cc1ccccc1)N(Cc1ccc(Cl)c(Cl)c1)C(=O)CN(C)S(=O)(=O)c1ccc(C)cc1. The smallest absolute Gasteiger partial charge is 0.243 e. The van der Waals surface area contributed by atoms with Crippen molar-refractivity contribution in [1.82, 2.24) is 14.5 Å². The van der Waals surface area contributed by atoms with Crippen LogP contribution >= 0.6 is 23.2 Å². The number of hydrogen-bond donors (Lipinski definition) is 1. The van der Waals surface area contributed by atoms with E-state index in [-0.39, 0.29) is 29.8 Å². The molecule has 0 aliphatic rings. The van der Waals surface area contributed by atoms with E-state index in [0.29, 0.717) is 22.0 Å². The molecule has 3 rings (SSSR count). The molecule has 2 atom stereocenters. The first-order valence-corrected chi connectivity index (χ1v) is 15.2. The van der Waals surface area contributed by atoms with Gasteiger partial charge in [0.25, 0.3) is 0 Å². The van der Waals surface area contributed by atoms with Crippen molar-refractivity contribution in [2.75, 3.05) is 13.6 Å². The predicted octanol–water partition coefficient (Wildman–Crippen LogP) is 5.48. The highest BCUT2D eigenvalue weighted by Crippen LogP contribution is 2.25. The van der Waals surface area contributed by atoms with Gasteiger partial charge < -0.3 is 10.2 Å². The number of carbonyl (C=O) groups excluding carboxylic acids is 2. The van der Waals surface area contributed by atoms with Crippen molar-refractivity contribution in [2.45, 2.75) is 57.1 Å². The van der Waals surface area contributed by atoms with Crippen LogP contribution in [-0.2, 0) is 32.6 Å². The summed E-state index contributed by atoms with van der Waals surface area (Å²) in [6.07, 6.45) is 0.951. The minimum Gasteiger partial charge on any atom is -0.352 e. The number of aryl methyl sites for hydroxylation is 1. The first-order valence-electron chi connectivity index (χ1n) is 13.0. The van der Waals surface area contributed by atoms with Gasteiger partial charge in [0.05, 0.1) is 21.5 Å². The van der Waals surface area contributed by atoms with Crippen molar-refractivity contribution in [2.24, 2.45) is 0 Å². The van der Waals surface area contributed by atoms with E-state index in [9.17, 15) is 18.0 Å². The van der Waals surface area contributed by atoms with E-state index >= 15 is 0 Å². The Balaban J connectivity index is 2.00. The molecule has 0 heterocycles. The molecule has 0 aliphatic heterocycles. The van der Waals surface area contributed by atoms with Crippen molar-refractivity contribution >= 4 is 45.0 Å². The molecule has 0 spiro atoms. The average Bonchev–Trinajstić information content (AvgIpc) is 2.93. The Morgan fingerprint density at radius 1 is 0.925 bits per heavy atom. The second-order valence-electron chi connectivity index (χ2n) is 9.87. The molecule has 0 aliphatic carbocycles. The fraction of sp³-hybridized carbons (Fsp3) is 0.333. The molecule has 0 bridgehead atoms. The van der Waals surface area contributed by atoms with Crippen LogP contribution in [0, 0.1) is 6.92 Å². The Bertz CT molecular complexity index is 1420. The first-order chi connectivity index (χ1) is 18.9.